The highest BCUT2D eigenvalue weighted by atomic mass is 16.1. The molecule has 4 rings (SSSR count). The average molecular weight is 373 g/mol. The number of aromatic amines is 1. The molecule has 0 saturated heterocycles. The summed E-state index contributed by atoms with van der Waals surface area (Å²) in [4.78, 5) is 25.3. The van der Waals surface area contributed by atoms with Gasteiger partial charge in [-0.3, -0.25) is 14.7 Å². The molecule has 2 aromatic carbocycles. The molecule has 28 heavy (non-hydrogen) atoms. The van der Waals surface area contributed by atoms with Crippen molar-refractivity contribution >= 4 is 16.7 Å². The fourth-order valence-electron chi connectivity index (χ4n) is 3.14. The topological polar surface area (TPSA) is 92.7 Å². The van der Waals surface area contributed by atoms with Gasteiger partial charge in [0.2, 0.25) is 0 Å². The summed E-state index contributed by atoms with van der Waals surface area (Å²) in [6, 6.07) is 14.3. The molecule has 7 nitrogen and oxygen atoms in total. The fraction of sp³-hybridized carbons (Fsp3) is 0.143. The summed E-state index contributed by atoms with van der Waals surface area (Å²) in [5, 5.41) is 15.4. The van der Waals surface area contributed by atoms with Crippen molar-refractivity contribution in [2.24, 2.45) is 0 Å². The largest absolute Gasteiger partial charge is 0.352 e. The molecule has 0 aliphatic carbocycles. The van der Waals surface area contributed by atoms with E-state index in [1.165, 1.54) is 4.68 Å². The SMILES string of the molecule is Cc1nn(-c2cccc(C(=O)NCCc3cn[nH]c3)c2)c(=O)c2ccccc12. The maximum absolute atomic E-state index is 12.9. The second kappa shape index (κ2) is 7.48. The number of H-pyrrole nitrogens is 1. The summed E-state index contributed by atoms with van der Waals surface area (Å²) in [6.45, 7) is 2.36. The number of hydrogen-bond acceptors (Lipinski definition) is 4. The van der Waals surface area contributed by atoms with Crippen molar-refractivity contribution in [3.05, 3.63) is 88.1 Å². The second-order valence-electron chi connectivity index (χ2n) is 6.51. The summed E-state index contributed by atoms with van der Waals surface area (Å²) in [7, 11) is 0. The summed E-state index contributed by atoms with van der Waals surface area (Å²) < 4.78 is 1.35. The molecule has 0 unspecified atom stereocenters. The third-order valence-corrected chi connectivity index (χ3v) is 4.60. The molecular weight excluding hydrogens is 354 g/mol. The van der Waals surface area contributed by atoms with E-state index in [1.807, 2.05) is 25.1 Å². The number of amides is 1. The van der Waals surface area contributed by atoms with Crippen LogP contribution in [0, 0.1) is 6.92 Å². The lowest BCUT2D eigenvalue weighted by Gasteiger charge is -2.10. The Kier molecular flexibility index (Phi) is 4.72. The number of benzene rings is 2. The average Bonchev–Trinajstić information content (AvgIpc) is 3.24. The van der Waals surface area contributed by atoms with E-state index in [0.29, 0.717) is 29.6 Å². The zero-order valence-electron chi connectivity index (χ0n) is 15.3. The maximum atomic E-state index is 12.9. The second-order valence-corrected chi connectivity index (χ2v) is 6.51. The van der Waals surface area contributed by atoms with Crippen LogP contribution in [0.4, 0.5) is 0 Å². The molecule has 2 heterocycles. The smallest absolute Gasteiger partial charge is 0.279 e. The first-order valence-electron chi connectivity index (χ1n) is 8.98. The minimum Gasteiger partial charge on any atom is -0.352 e. The minimum atomic E-state index is -0.210. The third kappa shape index (κ3) is 3.42. The van der Waals surface area contributed by atoms with E-state index in [9.17, 15) is 9.59 Å². The van der Waals surface area contributed by atoms with Gasteiger partial charge in [0.25, 0.3) is 11.5 Å². The Bertz CT molecular complexity index is 1200. The van der Waals surface area contributed by atoms with Crippen LogP contribution in [0.25, 0.3) is 16.5 Å². The van der Waals surface area contributed by atoms with Gasteiger partial charge < -0.3 is 5.32 Å². The van der Waals surface area contributed by atoms with E-state index in [0.717, 1.165) is 16.6 Å². The number of carbonyl (C=O) groups excluding carboxylic acids is 1. The molecule has 0 aliphatic rings. The van der Waals surface area contributed by atoms with Crippen LogP contribution in [0.15, 0.2) is 65.7 Å². The van der Waals surface area contributed by atoms with Gasteiger partial charge in [0.15, 0.2) is 0 Å². The van der Waals surface area contributed by atoms with E-state index in [-0.39, 0.29) is 11.5 Å². The molecule has 2 N–H and O–H groups in total. The molecule has 0 fully saturated rings. The lowest BCUT2D eigenvalue weighted by molar-refractivity contribution is 0.0954. The molecule has 0 saturated carbocycles. The Labute approximate surface area is 161 Å². The Balaban J connectivity index is 1.60. The van der Waals surface area contributed by atoms with Gasteiger partial charge in [-0.2, -0.15) is 14.9 Å². The van der Waals surface area contributed by atoms with Crippen LogP contribution in [-0.4, -0.2) is 32.4 Å². The van der Waals surface area contributed by atoms with Gasteiger partial charge in [-0.05, 0) is 43.2 Å². The molecule has 7 heteroatoms. The van der Waals surface area contributed by atoms with Gasteiger partial charge in [-0.25, -0.2) is 0 Å². The van der Waals surface area contributed by atoms with Gasteiger partial charge in [-0.1, -0.05) is 24.3 Å². The third-order valence-electron chi connectivity index (χ3n) is 4.60. The predicted octanol–water partition coefficient (Wildman–Crippen LogP) is 2.39. The first-order chi connectivity index (χ1) is 13.6. The van der Waals surface area contributed by atoms with E-state index in [1.54, 1.807) is 42.7 Å². The van der Waals surface area contributed by atoms with Crippen molar-refractivity contribution in [3.63, 3.8) is 0 Å². The summed E-state index contributed by atoms with van der Waals surface area (Å²) >= 11 is 0. The number of nitrogens with one attached hydrogen (secondary N) is 2. The maximum Gasteiger partial charge on any atom is 0.279 e. The highest BCUT2D eigenvalue weighted by molar-refractivity contribution is 5.94. The van der Waals surface area contributed by atoms with Crippen LogP contribution < -0.4 is 10.9 Å². The zero-order valence-corrected chi connectivity index (χ0v) is 15.3. The minimum absolute atomic E-state index is 0.198. The molecule has 140 valence electrons. The first-order valence-corrected chi connectivity index (χ1v) is 8.98. The normalized spacial score (nSPS) is 10.9. The van der Waals surface area contributed by atoms with Gasteiger partial charge >= 0.3 is 0 Å². The van der Waals surface area contributed by atoms with Crippen molar-refractivity contribution in [1.29, 1.82) is 0 Å². The lowest BCUT2D eigenvalue weighted by Crippen LogP contribution is -2.26. The summed E-state index contributed by atoms with van der Waals surface area (Å²) in [6.07, 6.45) is 4.21. The van der Waals surface area contributed by atoms with Crippen LogP contribution >= 0.6 is 0 Å². The molecule has 0 atom stereocenters. The standard InChI is InChI=1S/C21H19N5O2/c1-14-18-7-2-3-8-19(18)21(28)26(25-14)17-6-4-5-16(11-17)20(27)22-10-9-15-12-23-24-13-15/h2-8,11-13H,9-10H2,1H3,(H,22,27)(H,23,24). The van der Waals surface area contributed by atoms with Crippen LogP contribution in [0.2, 0.25) is 0 Å². The van der Waals surface area contributed by atoms with Crippen LogP contribution in [0.1, 0.15) is 21.6 Å². The van der Waals surface area contributed by atoms with Crippen LogP contribution in [0.5, 0.6) is 0 Å². The first kappa shape index (κ1) is 17.7. The number of fused-ring (bicyclic) bond motifs is 1. The molecule has 0 bridgehead atoms. The molecule has 0 aliphatic heterocycles. The molecule has 1 amide bonds. The van der Waals surface area contributed by atoms with E-state index in [2.05, 4.69) is 20.6 Å². The number of nitrogens with zero attached hydrogens (tertiary/aromatic N) is 3. The highest BCUT2D eigenvalue weighted by Crippen LogP contribution is 2.15. The van der Waals surface area contributed by atoms with E-state index in [4.69, 9.17) is 0 Å². The number of aromatic nitrogens is 4. The van der Waals surface area contributed by atoms with Gasteiger partial charge in [-0.15, -0.1) is 0 Å². The Morgan fingerprint density at radius 3 is 2.75 bits per heavy atom. The van der Waals surface area contributed by atoms with Crippen molar-refractivity contribution in [1.82, 2.24) is 25.3 Å². The quantitative estimate of drug-likeness (QED) is 0.562. The molecule has 0 spiro atoms. The van der Waals surface area contributed by atoms with E-state index >= 15 is 0 Å². The number of rotatable bonds is 5. The highest BCUT2D eigenvalue weighted by Gasteiger charge is 2.11. The zero-order chi connectivity index (χ0) is 19.5. The molecule has 4 aromatic rings. The Morgan fingerprint density at radius 1 is 1.14 bits per heavy atom. The summed E-state index contributed by atoms with van der Waals surface area (Å²) in [5.41, 5.74) is 2.60. The predicted molar refractivity (Wildman–Crippen MR) is 107 cm³/mol. The van der Waals surface area contributed by atoms with Crippen molar-refractivity contribution < 1.29 is 4.79 Å². The Hall–Kier alpha value is -3.74. The van der Waals surface area contributed by atoms with Crippen molar-refractivity contribution in [2.75, 3.05) is 6.54 Å². The Morgan fingerprint density at radius 2 is 1.96 bits per heavy atom. The van der Waals surface area contributed by atoms with E-state index < -0.39 is 0 Å². The molecule has 0 radical (unpaired) electrons. The van der Waals surface area contributed by atoms with Gasteiger partial charge in [0.1, 0.15) is 0 Å². The number of hydrogen-bond donors (Lipinski definition) is 2. The van der Waals surface area contributed by atoms with Crippen LogP contribution in [-0.2, 0) is 6.42 Å². The van der Waals surface area contributed by atoms with Crippen molar-refractivity contribution in [2.45, 2.75) is 13.3 Å². The lowest BCUT2D eigenvalue weighted by atomic mass is 10.1. The molecule has 2 aromatic heterocycles. The number of carbonyl (C=O) groups is 1. The van der Waals surface area contributed by atoms with Crippen molar-refractivity contribution in [3.8, 4) is 5.69 Å². The monoisotopic (exact) mass is 373 g/mol. The fourth-order valence-corrected chi connectivity index (χ4v) is 3.14. The summed E-state index contributed by atoms with van der Waals surface area (Å²) in [5.74, 6) is -0.198. The molecular formula is C21H19N5O2. The van der Waals surface area contributed by atoms with Crippen LogP contribution in [0.3, 0.4) is 0 Å². The van der Waals surface area contributed by atoms with Gasteiger partial charge in [0, 0.05) is 23.7 Å². The number of aryl methyl sites for hydroxylation is 1. The van der Waals surface area contributed by atoms with Gasteiger partial charge in [0.05, 0.1) is 23.0 Å².